The van der Waals surface area contributed by atoms with E-state index in [9.17, 15) is 14.0 Å². The van der Waals surface area contributed by atoms with E-state index in [1.165, 1.54) is 22.8 Å². The molecule has 4 rings (SSSR count). The molecule has 1 saturated carbocycles. The average molecular weight is 542 g/mol. The zero-order valence-corrected chi connectivity index (χ0v) is 23.7. The summed E-state index contributed by atoms with van der Waals surface area (Å²) in [5.74, 6) is -0.156. The number of halogens is 1. The van der Waals surface area contributed by atoms with Gasteiger partial charge in [0.25, 0.3) is 11.5 Å². The smallest absolute Gasteiger partial charge is 0.259 e. The third-order valence-electron chi connectivity index (χ3n) is 5.97. The predicted octanol–water partition coefficient (Wildman–Crippen LogP) is 6.10. The molecule has 10 heteroatoms. The minimum absolute atomic E-state index is 0.0700. The Labute approximate surface area is 227 Å². The summed E-state index contributed by atoms with van der Waals surface area (Å²) in [5, 5.41) is 5.95. The maximum atomic E-state index is 14.7. The molecule has 0 bridgehead atoms. The van der Waals surface area contributed by atoms with Gasteiger partial charge in [-0.15, -0.1) is 0 Å². The third kappa shape index (κ3) is 6.68. The number of amides is 1. The number of aryl methyl sites for hydroxylation is 2. The molecule has 2 aromatic carbocycles. The zero-order valence-electron chi connectivity index (χ0n) is 22.9. The Morgan fingerprint density at radius 1 is 1.08 bits per heavy atom. The SMILES string of the molecule is CC.CNSNc1cc(Oc2c(C(=O)NC3CC3)c(Nc3ccc(C)cc3F)n(C)c(=O)c2C)ccc1C. The lowest BCUT2D eigenvalue weighted by molar-refractivity contribution is 0.0948. The Morgan fingerprint density at radius 2 is 1.79 bits per heavy atom. The number of hydrogen-bond donors (Lipinski definition) is 4. The van der Waals surface area contributed by atoms with E-state index < -0.39 is 11.7 Å². The van der Waals surface area contributed by atoms with E-state index in [-0.39, 0.29) is 40.0 Å². The van der Waals surface area contributed by atoms with Crippen LogP contribution in [0.15, 0.2) is 41.2 Å². The zero-order chi connectivity index (χ0) is 28.0. The molecule has 0 saturated heterocycles. The molecule has 1 heterocycles. The number of pyridine rings is 1. The number of benzene rings is 2. The van der Waals surface area contributed by atoms with Gasteiger partial charge in [-0.25, -0.2) is 9.11 Å². The van der Waals surface area contributed by atoms with Crippen LogP contribution in [0.2, 0.25) is 0 Å². The highest BCUT2D eigenvalue weighted by atomic mass is 32.2. The second kappa shape index (κ2) is 12.8. The van der Waals surface area contributed by atoms with Crippen molar-refractivity contribution in [3.05, 3.63) is 74.8 Å². The molecular weight excluding hydrogens is 505 g/mol. The van der Waals surface area contributed by atoms with Gasteiger partial charge < -0.3 is 20.1 Å². The van der Waals surface area contributed by atoms with Crippen LogP contribution in [-0.4, -0.2) is 23.6 Å². The van der Waals surface area contributed by atoms with Crippen LogP contribution in [0.3, 0.4) is 0 Å². The number of carbonyl (C=O) groups is 1. The van der Waals surface area contributed by atoms with Crippen LogP contribution in [0.4, 0.5) is 21.6 Å². The molecule has 0 radical (unpaired) electrons. The van der Waals surface area contributed by atoms with Gasteiger partial charge in [-0.3, -0.25) is 14.2 Å². The molecule has 1 aliphatic rings. The first-order chi connectivity index (χ1) is 18.2. The van der Waals surface area contributed by atoms with Crippen molar-refractivity contribution >= 4 is 35.2 Å². The Kier molecular flexibility index (Phi) is 9.82. The molecule has 1 amide bonds. The van der Waals surface area contributed by atoms with Crippen LogP contribution in [-0.2, 0) is 7.05 Å². The highest BCUT2D eigenvalue weighted by molar-refractivity contribution is 7.98. The van der Waals surface area contributed by atoms with Crippen LogP contribution < -0.4 is 30.4 Å². The second-order valence-electron chi connectivity index (χ2n) is 8.88. The van der Waals surface area contributed by atoms with E-state index in [0.717, 1.165) is 29.7 Å². The van der Waals surface area contributed by atoms with Crippen molar-refractivity contribution in [2.24, 2.45) is 7.05 Å². The Hall–Kier alpha value is -3.50. The molecule has 38 heavy (non-hydrogen) atoms. The van der Waals surface area contributed by atoms with Gasteiger partial charge in [0.2, 0.25) is 0 Å². The summed E-state index contributed by atoms with van der Waals surface area (Å²) < 4.78 is 28.4. The lowest BCUT2D eigenvalue weighted by Crippen LogP contribution is -2.31. The van der Waals surface area contributed by atoms with Gasteiger partial charge in [0, 0.05) is 31.3 Å². The van der Waals surface area contributed by atoms with Crippen LogP contribution in [0.25, 0.3) is 0 Å². The van der Waals surface area contributed by atoms with Crippen molar-refractivity contribution < 1.29 is 13.9 Å². The summed E-state index contributed by atoms with van der Waals surface area (Å²) in [7, 11) is 3.34. The number of nitrogens with zero attached hydrogens (tertiary/aromatic N) is 1. The summed E-state index contributed by atoms with van der Waals surface area (Å²) in [4.78, 5) is 26.7. The number of nitrogens with one attached hydrogen (secondary N) is 4. The van der Waals surface area contributed by atoms with Crippen LogP contribution in [0.5, 0.6) is 11.5 Å². The first-order valence-electron chi connectivity index (χ1n) is 12.6. The van der Waals surface area contributed by atoms with Crippen molar-refractivity contribution in [1.29, 1.82) is 0 Å². The summed E-state index contributed by atoms with van der Waals surface area (Å²) in [6.07, 6.45) is 1.77. The van der Waals surface area contributed by atoms with Crippen LogP contribution >= 0.6 is 12.1 Å². The fourth-order valence-corrected chi connectivity index (χ4v) is 4.16. The van der Waals surface area contributed by atoms with E-state index in [4.69, 9.17) is 4.74 Å². The molecule has 0 aliphatic heterocycles. The normalized spacial score (nSPS) is 12.3. The Morgan fingerprint density at radius 3 is 2.42 bits per heavy atom. The maximum absolute atomic E-state index is 14.7. The standard InChI is InChI=1S/C26H30FN5O3S.C2H6/c1-14-6-11-20(19(27)12-14)30-24-22(25(33)29-17-8-9-17)23(16(3)26(34)32(24)5)35-18-10-7-15(2)21(13-18)31-36-28-4;1-2/h6-7,10-13,17,28,30-31H,8-9H2,1-5H3,(H,29,33);1-2H3. The molecule has 0 atom stereocenters. The predicted molar refractivity (Wildman–Crippen MR) is 154 cm³/mol. The lowest BCUT2D eigenvalue weighted by Gasteiger charge is -2.21. The van der Waals surface area contributed by atoms with E-state index >= 15 is 0 Å². The van der Waals surface area contributed by atoms with Crippen molar-refractivity contribution in [1.82, 2.24) is 14.6 Å². The number of rotatable bonds is 9. The van der Waals surface area contributed by atoms with Gasteiger partial charge in [-0.2, -0.15) is 0 Å². The molecule has 0 spiro atoms. The highest BCUT2D eigenvalue weighted by Gasteiger charge is 2.30. The summed E-state index contributed by atoms with van der Waals surface area (Å²) in [6, 6.07) is 10.2. The third-order valence-corrected chi connectivity index (χ3v) is 6.50. The molecule has 8 nitrogen and oxygen atoms in total. The van der Waals surface area contributed by atoms with Crippen molar-refractivity contribution in [2.75, 3.05) is 17.1 Å². The van der Waals surface area contributed by atoms with E-state index in [1.807, 2.05) is 26.8 Å². The van der Waals surface area contributed by atoms with Gasteiger partial charge >= 0.3 is 0 Å². The van der Waals surface area contributed by atoms with E-state index in [0.29, 0.717) is 5.75 Å². The summed E-state index contributed by atoms with van der Waals surface area (Å²) in [5.41, 5.74) is 2.77. The average Bonchev–Trinajstić information content (AvgIpc) is 3.72. The van der Waals surface area contributed by atoms with Crippen molar-refractivity contribution in [2.45, 2.75) is 53.5 Å². The first kappa shape index (κ1) is 29.1. The first-order valence-corrected chi connectivity index (χ1v) is 13.5. The number of carbonyl (C=O) groups excluding carboxylic acids is 1. The van der Waals surface area contributed by atoms with E-state index in [2.05, 4.69) is 20.1 Å². The highest BCUT2D eigenvalue weighted by Crippen LogP contribution is 2.36. The molecule has 1 aromatic heterocycles. The second-order valence-corrected chi connectivity index (χ2v) is 9.70. The fraction of sp³-hybridized carbons (Fsp3) is 0.357. The van der Waals surface area contributed by atoms with Gasteiger partial charge in [0.1, 0.15) is 22.9 Å². The number of hydrogen-bond acceptors (Lipinski definition) is 7. The molecule has 3 aromatic rings. The van der Waals surface area contributed by atoms with Crippen molar-refractivity contribution in [3.63, 3.8) is 0 Å². The fourth-order valence-electron chi connectivity index (χ4n) is 3.73. The molecular formula is C28H36FN5O3S. The maximum Gasteiger partial charge on any atom is 0.259 e. The molecule has 1 fully saturated rings. The Bertz CT molecular complexity index is 1370. The molecule has 4 N–H and O–H groups in total. The molecule has 0 unspecified atom stereocenters. The minimum atomic E-state index is -0.490. The minimum Gasteiger partial charge on any atom is -0.456 e. The quantitative estimate of drug-likeness (QED) is 0.243. The van der Waals surface area contributed by atoms with Crippen LogP contribution in [0, 0.1) is 26.6 Å². The monoisotopic (exact) mass is 541 g/mol. The van der Waals surface area contributed by atoms with E-state index in [1.54, 1.807) is 52.2 Å². The van der Waals surface area contributed by atoms with Gasteiger partial charge in [-0.05, 0) is 70.0 Å². The van der Waals surface area contributed by atoms with Crippen molar-refractivity contribution in [3.8, 4) is 11.5 Å². The summed E-state index contributed by atoms with van der Waals surface area (Å²) in [6.45, 7) is 9.36. The largest absolute Gasteiger partial charge is 0.456 e. The Balaban J connectivity index is 0.00000195. The molecule has 1 aliphatic carbocycles. The topological polar surface area (TPSA) is 96.4 Å². The van der Waals surface area contributed by atoms with Gasteiger partial charge in [-0.1, -0.05) is 26.0 Å². The molecule has 204 valence electrons. The summed E-state index contributed by atoms with van der Waals surface area (Å²) >= 11 is 1.31. The van der Waals surface area contributed by atoms with Crippen LogP contribution in [0.1, 0.15) is 53.7 Å². The number of ether oxygens (including phenoxy) is 1. The van der Waals surface area contributed by atoms with Gasteiger partial charge in [0.05, 0.1) is 16.9 Å². The number of aromatic nitrogens is 1. The lowest BCUT2D eigenvalue weighted by atomic mass is 10.1. The number of anilines is 3. The van der Waals surface area contributed by atoms with Gasteiger partial charge in [0.15, 0.2) is 5.75 Å².